The van der Waals surface area contributed by atoms with Gasteiger partial charge in [-0.15, -0.1) is 0 Å². The van der Waals surface area contributed by atoms with Crippen molar-refractivity contribution < 1.29 is 14.7 Å². The van der Waals surface area contributed by atoms with Gasteiger partial charge in [0.05, 0.1) is 11.8 Å². The number of carboxylic acid groups (broad SMARTS) is 1. The SMILES string of the molecule is CN(C)CCNC(=O)[C@@H]1C[C@@H]1C(=O)O. The highest BCUT2D eigenvalue weighted by molar-refractivity contribution is 5.89. The van der Waals surface area contributed by atoms with Crippen molar-refractivity contribution in [1.29, 1.82) is 0 Å². The van der Waals surface area contributed by atoms with Gasteiger partial charge in [-0.1, -0.05) is 0 Å². The lowest BCUT2D eigenvalue weighted by Crippen LogP contribution is -2.32. The van der Waals surface area contributed by atoms with Gasteiger partial charge in [-0.25, -0.2) is 0 Å². The third-order valence-corrected chi connectivity index (χ3v) is 2.30. The van der Waals surface area contributed by atoms with Crippen molar-refractivity contribution in [3.63, 3.8) is 0 Å². The fourth-order valence-corrected chi connectivity index (χ4v) is 1.29. The van der Waals surface area contributed by atoms with E-state index in [9.17, 15) is 9.59 Å². The quantitative estimate of drug-likeness (QED) is 0.621. The molecular weight excluding hydrogens is 184 g/mol. The number of aliphatic carboxylic acids is 1. The molecule has 0 saturated heterocycles. The van der Waals surface area contributed by atoms with Gasteiger partial charge in [0, 0.05) is 13.1 Å². The molecule has 5 nitrogen and oxygen atoms in total. The highest BCUT2D eigenvalue weighted by Gasteiger charge is 2.48. The van der Waals surface area contributed by atoms with Gasteiger partial charge in [-0.3, -0.25) is 9.59 Å². The van der Waals surface area contributed by atoms with Crippen LogP contribution in [-0.2, 0) is 9.59 Å². The van der Waals surface area contributed by atoms with Crippen LogP contribution < -0.4 is 5.32 Å². The molecule has 0 unspecified atom stereocenters. The van der Waals surface area contributed by atoms with Crippen molar-refractivity contribution >= 4 is 11.9 Å². The van der Waals surface area contributed by atoms with Gasteiger partial charge in [0.1, 0.15) is 0 Å². The summed E-state index contributed by atoms with van der Waals surface area (Å²) < 4.78 is 0. The van der Waals surface area contributed by atoms with Crippen LogP contribution in [0.4, 0.5) is 0 Å². The number of carboxylic acids is 1. The number of nitrogens with zero attached hydrogens (tertiary/aromatic N) is 1. The molecule has 0 aromatic heterocycles. The smallest absolute Gasteiger partial charge is 0.307 e. The molecular formula is C9H16N2O3. The zero-order valence-electron chi connectivity index (χ0n) is 8.49. The number of carbonyl (C=O) groups excluding carboxylic acids is 1. The molecule has 1 fully saturated rings. The van der Waals surface area contributed by atoms with Crippen LogP contribution in [-0.4, -0.2) is 49.1 Å². The average Bonchev–Trinajstić information content (AvgIpc) is 2.81. The van der Waals surface area contributed by atoms with E-state index in [0.29, 0.717) is 13.0 Å². The number of carbonyl (C=O) groups is 2. The summed E-state index contributed by atoms with van der Waals surface area (Å²) in [6.07, 6.45) is 0.489. The van der Waals surface area contributed by atoms with Crippen LogP contribution in [0.3, 0.4) is 0 Å². The largest absolute Gasteiger partial charge is 0.481 e. The minimum Gasteiger partial charge on any atom is -0.481 e. The molecule has 0 bridgehead atoms. The molecule has 0 aliphatic heterocycles. The van der Waals surface area contributed by atoms with Crippen LogP contribution in [0.25, 0.3) is 0 Å². The van der Waals surface area contributed by atoms with Crippen molar-refractivity contribution in [1.82, 2.24) is 10.2 Å². The third-order valence-electron chi connectivity index (χ3n) is 2.30. The Morgan fingerprint density at radius 2 is 2.07 bits per heavy atom. The Morgan fingerprint density at radius 1 is 1.43 bits per heavy atom. The summed E-state index contributed by atoms with van der Waals surface area (Å²) >= 11 is 0. The second kappa shape index (κ2) is 4.41. The van der Waals surface area contributed by atoms with Crippen LogP contribution in [0.1, 0.15) is 6.42 Å². The number of nitrogens with one attached hydrogen (secondary N) is 1. The van der Waals surface area contributed by atoms with E-state index in [1.807, 2.05) is 19.0 Å². The summed E-state index contributed by atoms with van der Waals surface area (Å²) in [4.78, 5) is 23.7. The number of hydrogen-bond donors (Lipinski definition) is 2. The Morgan fingerprint density at radius 3 is 2.50 bits per heavy atom. The zero-order valence-corrected chi connectivity index (χ0v) is 8.49. The van der Waals surface area contributed by atoms with Crippen LogP contribution in [0.5, 0.6) is 0 Å². The summed E-state index contributed by atoms with van der Waals surface area (Å²) in [5, 5.41) is 11.3. The molecule has 1 aliphatic rings. The normalized spacial score (nSPS) is 24.8. The van der Waals surface area contributed by atoms with Crippen LogP contribution >= 0.6 is 0 Å². The maximum absolute atomic E-state index is 11.3. The molecule has 0 aromatic rings. The molecule has 0 aromatic carbocycles. The van der Waals surface area contributed by atoms with E-state index in [-0.39, 0.29) is 11.8 Å². The highest BCUT2D eigenvalue weighted by Crippen LogP contribution is 2.38. The Hall–Kier alpha value is -1.10. The molecule has 2 N–H and O–H groups in total. The van der Waals surface area contributed by atoms with E-state index in [1.54, 1.807) is 0 Å². The van der Waals surface area contributed by atoms with E-state index in [1.165, 1.54) is 0 Å². The van der Waals surface area contributed by atoms with Gasteiger partial charge in [0.25, 0.3) is 0 Å². The summed E-state index contributed by atoms with van der Waals surface area (Å²) in [7, 11) is 3.84. The standard InChI is InChI=1S/C9H16N2O3/c1-11(2)4-3-10-8(12)6-5-7(6)9(13)14/h6-7H,3-5H2,1-2H3,(H,10,12)(H,13,14)/t6-,7+/m1/s1. The van der Waals surface area contributed by atoms with Gasteiger partial charge < -0.3 is 15.3 Å². The third kappa shape index (κ3) is 2.99. The first-order valence-electron chi connectivity index (χ1n) is 4.67. The van der Waals surface area contributed by atoms with Crippen LogP contribution in [0.15, 0.2) is 0 Å². The summed E-state index contributed by atoms with van der Waals surface area (Å²) in [6, 6.07) is 0. The Kier molecular flexibility index (Phi) is 3.46. The van der Waals surface area contributed by atoms with Gasteiger partial charge in [0.15, 0.2) is 0 Å². The first kappa shape index (κ1) is 11.0. The van der Waals surface area contributed by atoms with E-state index in [4.69, 9.17) is 5.11 Å². The van der Waals surface area contributed by atoms with E-state index in [0.717, 1.165) is 6.54 Å². The van der Waals surface area contributed by atoms with E-state index in [2.05, 4.69) is 5.32 Å². The number of hydrogen-bond acceptors (Lipinski definition) is 3. The van der Waals surface area contributed by atoms with Crippen molar-refractivity contribution in [2.75, 3.05) is 27.2 Å². The van der Waals surface area contributed by atoms with Gasteiger partial charge in [-0.2, -0.15) is 0 Å². The van der Waals surface area contributed by atoms with E-state index < -0.39 is 11.9 Å². The lowest BCUT2D eigenvalue weighted by molar-refractivity contribution is -0.140. The predicted molar refractivity (Wildman–Crippen MR) is 50.8 cm³/mol. The number of likely N-dealkylation sites (N-methyl/N-ethyl adjacent to an activating group) is 1. The van der Waals surface area contributed by atoms with Crippen molar-refractivity contribution in [2.45, 2.75) is 6.42 Å². The molecule has 1 saturated carbocycles. The lowest BCUT2D eigenvalue weighted by atomic mass is 10.3. The summed E-state index contributed by atoms with van der Waals surface area (Å²) in [5.74, 6) is -1.74. The second-order valence-electron chi connectivity index (χ2n) is 3.88. The van der Waals surface area contributed by atoms with Gasteiger partial charge in [0.2, 0.25) is 5.91 Å². The minimum absolute atomic E-state index is 0.126. The first-order valence-corrected chi connectivity index (χ1v) is 4.67. The van der Waals surface area contributed by atoms with Crippen LogP contribution in [0, 0.1) is 11.8 Å². The Balaban J connectivity index is 2.15. The Labute approximate surface area is 83.1 Å². The Bertz CT molecular complexity index is 240. The molecule has 80 valence electrons. The molecule has 14 heavy (non-hydrogen) atoms. The topological polar surface area (TPSA) is 69.6 Å². The molecule has 0 heterocycles. The zero-order chi connectivity index (χ0) is 10.7. The maximum atomic E-state index is 11.3. The number of rotatable bonds is 5. The molecule has 1 rings (SSSR count). The molecule has 0 spiro atoms. The van der Waals surface area contributed by atoms with Crippen molar-refractivity contribution in [3.8, 4) is 0 Å². The molecule has 1 aliphatic carbocycles. The fraction of sp³-hybridized carbons (Fsp3) is 0.778. The molecule has 2 atom stereocenters. The monoisotopic (exact) mass is 200 g/mol. The average molecular weight is 200 g/mol. The fourth-order valence-electron chi connectivity index (χ4n) is 1.29. The first-order chi connectivity index (χ1) is 6.52. The van der Waals surface area contributed by atoms with Gasteiger partial charge in [-0.05, 0) is 20.5 Å². The second-order valence-corrected chi connectivity index (χ2v) is 3.88. The molecule has 0 radical (unpaired) electrons. The minimum atomic E-state index is -0.863. The van der Waals surface area contributed by atoms with Crippen molar-refractivity contribution in [3.05, 3.63) is 0 Å². The number of amides is 1. The highest BCUT2D eigenvalue weighted by atomic mass is 16.4. The lowest BCUT2D eigenvalue weighted by Gasteiger charge is -2.09. The van der Waals surface area contributed by atoms with E-state index >= 15 is 0 Å². The van der Waals surface area contributed by atoms with Crippen LogP contribution in [0.2, 0.25) is 0 Å². The molecule has 5 heteroatoms. The molecule has 1 amide bonds. The summed E-state index contributed by atoms with van der Waals surface area (Å²) in [6.45, 7) is 1.35. The predicted octanol–water partition coefficient (Wildman–Crippen LogP) is -0.615. The van der Waals surface area contributed by atoms with Crippen molar-refractivity contribution in [2.24, 2.45) is 11.8 Å². The maximum Gasteiger partial charge on any atom is 0.307 e. The summed E-state index contributed by atoms with van der Waals surface area (Å²) in [5.41, 5.74) is 0. The van der Waals surface area contributed by atoms with Gasteiger partial charge >= 0.3 is 5.97 Å².